The van der Waals surface area contributed by atoms with Crippen LogP contribution >= 0.6 is 11.6 Å². The van der Waals surface area contributed by atoms with E-state index in [1.54, 1.807) is 24.3 Å². The van der Waals surface area contributed by atoms with Crippen LogP contribution in [0.1, 0.15) is 11.1 Å². The summed E-state index contributed by atoms with van der Waals surface area (Å²) in [4.78, 5) is 23.9. The van der Waals surface area contributed by atoms with Crippen molar-refractivity contribution in [1.29, 1.82) is 0 Å². The Balaban J connectivity index is 1.56. The van der Waals surface area contributed by atoms with E-state index in [9.17, 15) is 9.59 Å². The Morgan fingerprint density at radius 3 is 2.76 bits per heavy atom. The molecule has 1 heterocycles. The van der Waals surface area contributed by atoms with Crippen molar-refractivity contribution in [2.45, 2.75) is 6.92 Å². The lowest BCUT2D eigenvalue weighted by Crippen LogP contribution is -2.20. The van der Waals surface area contributed by atoms with Crippen LogP contribution in [0.4, 0.5) is 5.69 Å². The lowest BCUT2D eigenvalue weighted by Gasteiger charge is -2.20. The van der Waals surface area contributed by atoms with Crippen LogP contribution in [0.15, 0.2) is 36.4 Å². The SMILES string of the molecule is COc1cc(/C=C/C(=O)OCC(=O)Nc2ccc(C)cc2Cl)cc2c1OCCO2. The molecule has 29 heavy (non-hydrogen) atoms. The fourth-order valence-corrected chi connectivity index (χ4v) is 2.93. The molecule has 1 N–H and O–H groups in total. The lowest BCUT2D eigenvalue weighted by atomic mass is 10.1. The van der Waals surface area contributed by atoms with Crippen LogP contribution in [-0.4, -0.2) is 38.8 Å². The Bertz CT molecular complexity index is 939. The molecule has 0 saturated carbocycles. The molecule has 152 valence electrons. The van der Waals surface area contributed by atoms with Crippen LogP contribution in [-0.2, 0) is 14.3 Å². The number of fused-ring (bicyclic) bond motifs is 1. The predicted octanol–water partition coefficient (Wildman–Crippen LogP) is 3.62. The highest BCUT2D eigenvalue weighted by Crippen LogP contribution is 2.40. The van der Waals surface area contributed by atoms with E-state index in [1.807, 2.05) is 13.0 Å². The van der Waals surface area contributed by atoms with Crippen LogP contribution in [0.5, 0.6) is 17.2 Å². The van der Waals surface area contributed by atoms with Crippen molar-refractivity contribution in [3.63, 3.8) is 0 Å². The van der Waals surface area contributed by atoms with Gasteiger partial charge in [0.15, 0.2) is 18.1 Å². The highest BCUT2D eigenvalue weighted by molar-refractivity contribution is 6.33. The molecule has 0 saturated heterocycles. The second-order valence-electron chi connectivity index (χ2n) is 6.22. The Kier molecular flexibility index (Phi) is 6.61. The molecule has 1 aliphatic rings. The number of hydrogen-bond donors (Lipinski definition) is 1. The van der Waals surface area contributed by atoms with Gasteiger partial charge in [-0.1, -0.05) is 17.7 Å². The van der Waals surface area contributed by atoms with Crippen molar-refractivity contribution in [2.75, 3.05) is 32.2 Å². The van der Waals surface area contributed by atoms with E-state index >= 15 is 0 Å². The summed E-state index contributed by atoms with van der Waals surface area (Å²) >= 11 is 6.07. The number of rotatable bonds is 6. The third-order valence-electron chi connectivity index (χ3n) is 4.01. The molecule has 0 unspecified atom stereocenters. The number of amides is 1. The number of ether oxygens (including phenoxy) is 4. The molecule has 0 atom stereocenters. The number of methoxy groups -OCH3 is 1. The van der Waals surface area contributed by atoms with E-state index in [0.717, 1.165) is 5.56 Å². The zero-order valence-electron chi connectivity index (χ0n) is 16.0. The number of esters is 1. The van der Waals surface area contributed by atoms with E-state index in [1.165, 1.54) is 19.3 Å². The summed E-state index contributed by atoms with van der Waals surface area (Å²) in [5.41, 5.74) is 2.09. The van der Waals surface area contributed by atoms with Gasteiger partial charge in [-0.05, 0) is 48.4 Å². The molecule has 8 heteroatoms. The molecule has 0 spiro atoms. The van der Waals surface area contributed by atoms with Crippen molar-refractivity contribution in [3.8, 4) is 17.2 Å². The molecule has 2 aromatic rings. The van der Waals surface area contributed by atoms with Gasteiger partial charge in [0, 0.05) is 6.08 Å². The fraction of sp³-hybridized carbons (Fsp3) is 0.238. The molecule has 0 bridgehead atoms. The van der Waals surface area contributed by atoms with Gasteiger partial charge in [0.05, 0.1) is 17.8 Å². The molecule has 1 aliphatic heterocycles. The third kappa shape index (κ3) is 5.42. The molecule has 7 nitrogen and oxygen atoms in total. The molecule has 0 fully saturated rings. The van der Waals surface area contributed by atoms with Gasteiger partial charge >= 0.3 is 5.97 Å². The summed E-state index contributed by atoms with van der Waals surface area (Å²) in [5.74, 6) is 0.426. The highest BCUT2D eigenvalue weighted by atomic mass is 35.5. The molecular weight excluding hydrogens is 398 g/mol. The van der Waals surface area contributed by atoms with Gasteiger partial charge in [-0.15, -0.1) is 0 Å². The maximum absolute atomic E-state index is 12.0. The van der Waals surface area contributed by atoms with Gasteiger partial charge in [0.25, 0.3) is 5.91 Å². The lowest BCUT2D eigenvalue weighted by molar-refractivity contribution is -0.142. The van der Waals surface area contributed by atoms with Gasteiger partial charge in [0.1, 0.15) is 13.2 Å². The largest absolute Gasteiger partial charge is 0.493 e. The zero-order valence-corrected chi connectivity index (χ0v) is 16.7. The number of halogens is 1. The number of benzene rings is 2. The van der Waals surface area contributed by atoms with Crippen LogP contribution in [0, 0.1) is 6.92 Å². The van der Waals surface area contributed by atoms with Crippen molar-refractivity contribution in [3.05, 3.63) is 52.6 Å². The first-order chi connectivity index (χ1) is 14.0. The van der Waals surface area contributed by atoms with Crippen molar-refractivity contribution >= 4 is 35.2 Å². The number of hydrogen-bond acceptors (Lipinski definition) is 6. The van der Waals surface area contributed by atoms with E-state index in [4.69, 9.17) is 30.5 Å². The number of anilines is 1. The third-order valence-corrected chi connectivity index (χ3v) is 4.32. The van der Waals surface area contributed by atoms with Gasteiger partial charge in [-0.3, -0.25) is 4.79 Å². The van der Waals surface area contributed by atoms with Crippen LogP contribution < -0.4 is 19.5 Å². The number of nitrogens with one attached hydrogen (secondary N) is 1. The van der Waals surface area contributed by atoms with Gasteiger partial charge < -0.3 is 24.3 Å². The van der Waals surface area contributed by atoms with Crippen LogP contribution in [0.25, 0.3) is 6.08 Å². The summed E-state index contributed by atoms with van der Waals surface area (Å²) < 4.78 is 21.3. The van der Waals surface area contributed by atoms with E-state index in [-0.39, 0.29) is 0 Å². The Morgan fingerprint density at radius 2 is 2.00 bits per heavy atom. The Morgan fingerprint density at radius 1 is 1.21 bits per heavy atom. The normalized spacial score (nSPS) is 12.5. The topological polar surface area (TPSA) is 83.1 Å². The molecule has 0 radical (unpaired) electrons. The molecule has 1 amide bonds. The summed E-state index contributed by atoms with van der Waals surface area (Å²) in [5, 5.41) is 3.01. The van der Waals surface area contributed by atoms with Crippen LogP contribution in [0.2, 0.25) is 5.02 Å². The van der Waals surface area contributed by atoms with E-state index in [2.05, 4.69) is 5.32 Å². The average molecular weight is 418 g/mol. The summed E-state index contributed by atoms with van der Waals surface area (Å²) in [6, 6.07) is 8.67. The van der Waals surface area contributed by atoms with Crippen LogP contribution in [0.3, 0.4) is 0 Å². The highest BCUT2D eigenvalue weighted by Gasteiger charge is 2.18. The first-order valence-electron chi connectivity index (χ1n) is 8.84. The number of aryl methyl sites for hydroxylation is 1. The summed E-state index contributed by atoms with van der Waals surface area (Å²) in [6.45, 7) is 2.34. The number of carbonyl (C=O) groups excluding carboxylic acids is 2. The minimum Gasteiger partial charge on any atom is -0.493 e. The molecule has 0 aliphatic carbocycles. The summed E-state index contributed by atoms with van der Waals surface area (Å²) in [7, 11) is 1.52. The smallest absolute Gasteiger partial charge is 0.331 e. The summed E-state index contributed by atoms with van der Waals surface area (Å²) in [6.07, 6.45) is 2.76. The Labute approximate surface area is 173 Å². The minimum absolute atomic E-state index is 0.414. The molecular formula is C21H20ClNO6. The average Bonchev–Trinajstić information content (AvgIpc) is 2.72. The van der Waals surface area contributed by atoms with E-state index in [0.29, 0.717) is 46.7 Å². The zero-order chi connectivity index (χ0) is 20.8. The molecule has 0 aromatic heterocycles. The second-order valence-corrected chi connectivity index (χ2v) is 6.63. The molecule has 2 aromatic carbocycles. The van der Waals surface area contributed by atoms with Gasteiger partial charge in [0.2, 0.25) is 5.75 Å². The van der Waals surface area contributed by atoms with Gasteiger partial charge in [-0.25, -0.2) is 4.79 Å². The Hall–Kier alpha value is -3.19. The maximum Gasteiger partial charge on any atom is 0.331 e. The second kappa shape index (κ2) is 9.34. The minimum atomic E-state index is -0.663. The predicted molar refractivity (Wildman–Crippen MR) is 109 cm³/mol. The van der Waals surface area contributed by atoms with Crippen molar-refractivity contribution in [2.24, 2.45) is 0 Å². The van der Waals surface area contributed by atoms with E-state index < -0.39 is 18.5 Å². The first kappa shape index (κ1) is 20.5. The monoisotopic (exact) mass is 417 g/mol. The molecule has 3 rings (SSSR count). The fourth-order valence-electron chi connectivity index (χ4n) is 2.65. The van der Waals surface area contributed by atoms with Crippen molar-refractivity contribution < 1.29 is 28.5 Å². The first-order valence-corrected chi connectivity index (χ1v) is 9.22. The maximum atomic E-state index is 12.0. The quantitative estimate of drug-likeness (QED) is 0.571. The standard InChI is InChI=1S/C21H20ClNO6/c1-13-3-5-16(15(22)9-13)23-19(24)12-29-20(25)6-4-14-10-17(26-2)21-18(11-14)27-7-8-28-21/h3-6,9-11H,7-8,12H2,1-2H3,(H,23,24)/b6-4+. The van der Waals surface area contributed by atoms with Crippen molar-refractivity contribution in [1.82, 2.24) is 0 Å². The van der Waals surface area contributed by atoms with Gasteiger partial charge in [-0.2, -0.15) is 0 Å². The number of carbonyl (C=O) groups is 2.